The molecule has 4 nitrogen and oxygen atoms in total. The number of aliphatic hydroxyl groups is 1. The summed E-state index contributed by atoms with van der Waals surface area (Å²) in [6, 6.07) is 33.7. The Kier molecular flexibility index (Phi) is 7.18. The average Bonchev–Trinajstić information content (AvgIpc) is 2.88. The van der Waals surface area contributed by atoms with Gasteiger partial charge in [0.25, 0.3) is 0 Å². The van der Waals surface area contributed by atoms with Gasteiger partial charge in [-0.15, -0.1) is 0 Å². The van der Waals surface area contributed by atoms with Crippen molar-refractivity contribution in [2.45, 2.75) is 13.2 Å². The first-order chi connectivity index (χ1) is 16.2. The lowest BCUT2D eigenvalue weighted by Crippen LogP contribution is -2.03. The molecule has 0 unspecified atom stereocenters. The third kappa shape index (κ3) is 6.11. The third-order valence-corrected chi connectivity index (χ3v) is 5.01. The third-order valence-electron chi connectivity index (χ3n) is 5.01. The standard InChI is InChI=1S/C29H24O4/c30-26(29(31)25-14-8-3-9-15-25)18-24-16-17-27(32-20-22-10-4-1-5-11-22)28(19-24)33-21-23-12-6-2-7-13-23/h1-19,30H,20-21H2. The number of hydrogen-bond acceptors (Lipinski definition) is 4. The van der Waals surface area contributed by atoms with E-state index < -0.39 is 5.78 Å². The summed E-state index contributed by atoms with van der Waals surface area (Å²) < 4.78 is 12.1. The van der Waals surface area contributed by atoms with Gasteiger partial charge in [0.2, 0.25) is 5.78 Å². The smallest absolute Gasteiger partial charge is 0.227 e. The zero-order valence-electron chi connectivity index (χ0n) is 18.1. The Bertz CT molecular complexity index is 1220. The molecule has 0 aliphatic heterocycles. The molecule has 4 aromatic rings. The van der Waals surface area contributed by atoms with Gasteiger partial charge >= 0.3 is 0 Å². The van der Waals surface area contributed by atoms with Crippen molar-refractivity contribution < 1.29 is 19.4 Å². The maximum absolute atomic E-state index is 12.5. The van der Waals surface area contributed by atoms with Crippen molar-refractivity contribution in [2.75, 3.05) is 0 Å². The Morgan fingerprint density at radius 3 is 1.76 bits per heavy atom. The number of ether oxygens (including phenoxy) is 2. The Morgan fingerprint density at radius 1 is 0.667 bits per heavy atom. The summed E-state index contributed by atoms with van der Waals surface area (Å²) in [4.78, 5) is 12.5. The van der Waals surface area contributed by atoms with Gasteiger partial charge in [-0.1, -0.05) is 97.1 Å². The van der Waals surface area contributed by atoms with Crippen LogP contribution in [0.2, 0.25) is 0 Å². The first-order valence-electron chi connectivity index (χ1n) is 10.7. The Balaban J connectivity index is 1.56. The van der Waals surface area contributed by atoms with E-state index in [1.807, 2.05) is 66.7 Å². The van der Waals surface area contributed by atoms with Crippen LogP contribution in [0.3, 0.4) is 0 Å². The number of carbonyl (C=O) groups excluding carboxylic acids is 1. The second-order valence-electron chi connectivity index (χ2n) is 7.48. The van der Waals surface area contributed by atoms with Crippen LogP contribution in [-0.4, -0.2) is 10.9 Å². The van der Waals surface area contributed by atoms with Crippen LogP contribution in [0.1, 0.15) is 27.0 Å². The van der Waals surface area contributed by atoms with Crippen LogP contribution in [0.4, 0.5) is 0 Å². The van der Waals surface area contributed by atoms with E-state index >= 15 is 0 Å². The van der Waals surface area contributed by atoms with Gasteiger partial charge in [-0.25, -0.2) is 0 Å². The first-order valence-corrected chi connectivity index (χ1v) is 10.7. The minimum Gasteiger partial charge on any atom is -0.504 e. The number of allylic oxidation sites excluding steroid dienone is 1. The van der Waals surface area contributed by atoms with Gasteiger partial charge in [0.15, 0.2) is 17.3 Å². The number of Topliss-reactive ketones (excluding diaryl/α,β-unsaturated/α-hetero) is 1. The maximum atomic E-state index is 12.5. The molecule has 0 amide bonds. The highest BCUT2D eigenvalue weighted by molar-refractivity contribution is 6.09. The van der Waals surface area contributed by atoms with Gasteiger partial charge in [0.05, 0.1) is 0 Å². The normalized spacial score (nSPS) is 11.1. The van der Waals surface area contributed by atoms with Crippen molar-refractivity contribution in [3.63, 3.8) is 0 Å². The van der Waals surface area contributed by atoms with Crippen molar-refractivity contribution in [1.82, 2.24) is 0 Å². The molecule has 33 heavy (non-hydrogen) atoms. The van der Waals surface area contributed by atoms with Gasteiger partial charge < -0.3 is 14.6 Å². The number of aliphatic hydroxyl groups excluding tert-OH is 1. The number of rotatable bonds is 9. The van der Waals surface area contributed by atoms with E-state index in [1.54, 1.807) is 42.5 Å². The number of ketones is 1. The summed E-state index contributed by atoms with van der Waals surface area (Å²) in [6.07, 6.45) is 1.44. The van der Waals surface area contributed by atoms with Gasteiger partial charge in [0.1, 0.15) is 13.2 Å². The minimum absolute atomic E-state index is 0.340. The van der Waals surface area contributed by atoms with E-state index in [0.717, 1.165) is 11.1 Å². The number of benzene rings is 4. The molecule has 0 fully saturated rings. The Morgan fingerprint density at radius 2 is 1.18 bits per heavy atom. The van der Waals surface area contributed by atoms with Crippen molar-refractivity contribution >= 4 is 11.9 Å². The largest absolute Gasteiger partial charge is 0.504 e. The fourth-order valence-electron chi connectivity index (χ4n) is 3.28. The van der Waals surface area contributed by atoms with Crippen molar-refractivity contribution in [3.05, 3.63) is 137 Å². The van der Waals surface area contributed by atoms with Crippen molar-refractivity contribution in [3.8, 4) is 11.5 Å². The number of carbonyl (C=O) groups is 1. The molecule has 4 heteroatoms. The van der Waals surface area contributed by atoms with Crippen LogP contribution in [0.25, 0.3) is 6.08 Å². The quantitative estimate of drug-likeness (QED) is 0.182. The molecule has 0 aliphatic rings. The SMILES string of the molecule is O=C(C(O)=Cc1ccc(OCc2ccccc2)c(OCc2ccccc2)c1)c1ccccc1. The lowest BCUT2D eigenvalue weighted by Gasteiger charge is -2.14. The van der Waals surface area contributed by atoms with E-state index in [4.69, 9.17) is 9.47 Å². The highest BCUT2D eigenvalue weighted by Gasteiger charge is 2.12. The van der Waals surface area contributed by atoms with Crippen LogP contribution in [0, 0.1) is 0 Å². The molecule has 0 saturated heterocycles. The van der Waals surface area contributed by atoms with E-state index in [-0.39, 0.29) is 5.76 Å². The van der Waals surface area contributed by atoms with Gasteiger partial charge in [0, 0.05) is 5.56 Å². The number of hydrogen-bond donors (Lipinski definition) is 1. The highest BCUT2D eigenvalue weighted by Crippen LogP contribution is 2.31. The zero-order valence-corrected chi connectivity index (χ0v) is 18.1. The molecule has 0 radical (unpaired) electrons. The molecule has 0 bridgehead atoms. The van der Waals surface area contributed by atoms with E-state index in [0.29, 0.717) is 35.8 Å². The van der Waals surface area contributed by atoms with E-state index in [9.17, 15) is 9.90 Å². The molecule has 0 aromatic heterocycles. The molecular formula is C29H24O4. The molecule has 4 aromatic carbocycles. The summed E-state index contributed by atoms with van der Waals surface area (Å²) in [6.45, 7) is 0.764. The molecule has 164 valence electrons. The van der Waals surface area contributed by atoms with Crippen LogP contribution in [-0.2, 0) is 13.2 Å². The predicted octanol–water partition coefficient (Wildman–Crippen LogP) is 6.63. The van der Waals surface area contributed by atoms with Crippen molar-refractivity contribution in [1.29, 1.82) is 0 Å². The predicted molar refractivity (Wildman–Crippen MR) is 129 cm³/mol. The molecule has 0 saturated carbocycles. The lowest BCUT2D eigenvalue weighted by atomic mass is 10.1. The van der Waals surface area contributed by atoms with Crippen LogP contribution in [0.15, 0.2) is 115 Å². The van der Waals surface area contributed by atoms with Crippen LogP contribution >= 0.6 is 0 Å². The molecule has 0 aliphatic carbocycles. The van der Waals surface area contributed by atoms with Crippen LogP contribution in [0.5, 0.6) is 11.5 Å². The molecule has 0 heterocycles. The van der Waals surface area contributed by atoms with Gasteiger partial charge in [-0.2, -0.15) is 0 Å². The summed E-state index contributed by atoms with van der Waals surface area (Å²) >= 11 is 0. The Hall–Kier alpha value is -4.31. The second-order valence-corrected chi connectivity index (χ2v) is 7.48. The molecule has 4 rings (SSSR count). The van der Waals surface area contributed by atoms with E-state index in [2.05, 4.69) is 0 Å². The van der Waals surface area contributed by atoms with Gasteiger partial charge in [-0.05, 0) is 34.9 Å². The highest BCUT2D eigenvalue weighted by atomic mass is 16.5. The molecule has 1 N–H and O–H groups in total. The zero-order chi connectivity index (χ0) is 22.9. The topological polar surface area (TPSA) is 55.8 Å². The fraction of sp³-hybridized carbons (Fsp3) is 0.0690. The second kappa shape index (κ2) is 10.8. The fourth-order valence-corrected chi connectivity index (χ4v) is 3.28. The van der Waals surface area contributed by atoms with Crippen molar-refractivity contribution in [2.24, 2.45) is 0 Å². The summed E-state index contributed by atoms with van der Waals surface area (Å²) in [7, 11) is 0. The average molecular weight is 437 g/mol. The van der Waals surface area contributed by atoms with E-state index in [1.165, 1.54) is 6.08 Å². The molecule has 0 atom stereocenters. The summed E-state index contributed by atoms with van der Waals surface area (Å²) in [5, 5.41) is 10.4. The maximum Gasteiger partial charge on any atom is 0.227 e. The molecule has 0 spiro atoms. The minimum atomic E-state index is -0.438. The lowest BCUT2D eigenvalue weighted by molar-refractivity contribution is 0.0980. The van der Waals surface area contributed by atoms with Gasteiger partial charge in [-0.3, -0.25) is 4.79 Å². The van der Waals surface area contributed by atoms with Crippen LogP contribution < -0.4 is 9.47 Å². The summed E-state index contributed by atoms with van der Waals surface area (Å²) in [5.74, 6) is 0.337. The monoisotopic (exact) mass is 436 g/mol. The first kappa shape index (κ1) is 21.9. The Labute approximate surface area is 193 Å². The molecular weight excluding hydrogens is 412 g/mol. The summed E-state index contributed by atoms with van der Waals surface area (Å²) in [5.41, 5.74) is 3.12.